The van der Waals surface area contributed by atoms with Crippen molar-refractivity contribution >= 4 is 6.03 Å². The van der Waals surface area contributed by atoms with Gasteiger partial charge in [-0.15, -0.1) is 0 Å². The molecule has 0 aliphatic carbocycles. The van der Waals surface area contributed by atoms with E-state index in [0.717, 1.165) is 13.0 Å². The largest absolute Gasteiger partial charge is 0.380 e. The van der Waals surface area contributed by atoms with Gasteiger partial charge in [-0.05, 0) is 26.2 Å². The highest BCUT2D eigenvalue weighted by molar-refractivity contribution is 5.73. The molecule has 0 aromatic rings. The summed E-state index contributed by atoms with van der Waals surface area (Å²) in [6.45, 7) is 10.1. The van der Waals surface area contributed by atoms with E-state index in [1.165, 1.54) is 0 Å². The van der Waals surface area contributed by atoms with Crippen molar-refractivity contribution in [2.45, 2.75) is 40.2 Å². The molecule has 0 aromatic carbocycles. The van der Waals surface area contributed by atoms with Crippen LogP contribution in [0.3, 0.4) is 0 Å². The van der Waals surface area contributed by atoms with E-state index < -0.39 is 0 Å². The molecule has 0 atom stereocenters. The Labute approximate surface area is 92.8 Å². The van der Waals surface area contributed by atoms with E-state index >= 15 is 0 Å². The Kier molecular flexibility index (Phi) is 8.09. The average Bonchev–Trinajstić information content (AvgIpc) is 2.09. The molecule has 0 saturated heterocycles. The topological polar surface area (TPSA) is 50.4 Å². The normalized spacial score (nSPS) is 10.8. The number of amides is 2. The molecule has 0 unspecified atom stereocenters. The number of carbonyl (C=O) groups is 1. The molecule has 15 heavy (non-hydrogen) atoms. The number of ether oxygens (including phenoxy) is 1. The molecular formula is C11H24N2O2. The molecule has 0 spiro atoms. The first-order valence-corrected chi connectivity index (χ1v) is 5.64. The Bertz CT molecular complexity index is 170. The molecule has 90 valence electrons. The van der Waals surface area contributed by atoms with Crippen LogP contribution < -0.4 is 10.6 Å². The van der Waals surface area contributed by atoms with Crippen LogP contribution >= 0.6 is 0 Å². The first kappa shape index (κ1) is 14.2. The SMILES string of the molecule is CC(C)CCOCCNC(=O)NC(C)C. The summed E-state index contributed by atoms with van der Waals surface area (Å²) in [5.41, 5.74) is 0. The minimum Gasteiger partial charge on any atom is -0.380 e. The van der Waals surface area contributed by atoms with Gasteiger partial charge in [-0.25, -0.2) is 4.79 Å². The fourth-order valence-corrected chi connectivity index (χ4v) is 0.971. The Balaban J connectivity index is 3.20. The third-order valence-corrected chi connectivity index (χ3v) is 1.79. The van der Waals surface area contributed by atoms with Gasteiger partial charge < -0.3 is 15.4 Å². The first-order chi connectivity index (χ1) is 7.02. The van der Waals surface area contributed by atoms with Gasteiger partial charge in [0.2, 0.25) is 0 Å². The van der Waals surface area contributed by atoms with E-state index in [-0.39, 0.29) is 12.1 Å². The van der Waals surface area contributed by atoms with Gasteiger partial charge in [-0.1, -0.05) is 13.8 Å². The van der Waals surface area contributed by atoms with Gasteiger partial charge in [0.05, 0.1) is 6.61 Å². The summed E-state index contributed by atoms with van der Waals surface area (Å²) in [6.07, 6.45) is 1.07. The van der Waals surface area contributed by atoms with Crippen molar-refractivity contribution in [3.63, 3.8) is 0 Å². The minimum atomic E-state index is -0.127. The monoisotopic (exact) mass is 216 g/mol. The lowest BCUT2D eigenvalue weighted by atomic mass is 10.1. The molecule has 0 saturated carbocycles. The Morgan fingerprint density at radius 2 is 1.87 bits per heavy atom. The molecule has 0 aliphatic heterocycles. The van der Waals surface area contributed by atoms with E-state index in [1.807, 2.05) is 13.8 Å². The van der Waals surface area contributed by atoms with Gasteiger partial charge in [0, 0.05) is 19.2 Å². The molecule has 0 bridgehead atoms. The third kappa shape index (κ3) is 11.2. The molecular weight excluding hydrogens is 192 g/mol. The van der Waals surface area contributed by atoms with E-state index in [2.05, 4.69) is 24.5 Å². The van der Waals surface area contributed by atoms with Crippen LogP contribution in [0.2, 0.25) is 0 Å². The van der Waals surface area contributed by atoms with Crippen LogP contribution in [0.25, 0.3) is 0 Å². The van der Waals surface area contributed by atoms with Crippen molar-refractivity contribution < 1.29 is 9.53 Å². The molecule has 0 heterocycles. The molecule has 0 fully saturated rings. The van der Waals surface area contributed by atoms with Crippen LogP contribution in [-0.4, -0.2) is 31.8 Å². The van der Waals surface area contributed by atoms with Gasteiger partial charge >= 0.3 is 6.03 Å². The molecule has 2 amide bonds. The predicted molar refractivity (Wildman–Crippen MR) is 61.9 cm³/mol. The zero-order valence-electron chi connectivity index (χ0n) is 10.3. The van der Waals surface area contributed by atoms with Gasteiger partial charge in [-0.2, -0.15) is 0 Å². The highest BCUT2D eigenvalue weighted by Crippen LogP contribution is 1.98. The lowest BCUT2D eigenvalue weighted by Crippen LogP contribution is -2.40. The molecule has 4 heteroatoms. The number of urea groups is 1. The second-order valence-corrected chi connectivity index (χ2v) is 4.35. The van der Waals surface area contributed by atoms with Crippen LogP contribution in [-0.2, 0) is 4.74 Å². The minimum absolute atomic E-state index is 0.127. The predicted octanol–water partition coefficient (Wildman–Crippen LogP) is 1.76. The zero-order chi connectivity index (χ0) is 11.7. The standard InChI is InChI=1S/C11H24N2O2/c1-9(2)5-7-15-8-6-12-11(14)13-10(3)4/h9-10H,5-8H2,1-4H3,(H2,12,13,14). The molecule has 4 nitrogen and oxygen atoms in total. The van der Waals surface area contributed by atoms with Gasteiger partial charge in [0.15, 0.2) is 0 Å². The van der Waals surface area contributed by atoms with Gasteiger partial charge in [0.25, 0.3) is 0 Å². The van der Waals surface area contributed by atoms with Crippen LogP contribution in [0.4, 0.5) is 4.79 Å². The third-order valence-electron chi connectivity index (χ3n) is 1.79. The summed E-state index contributed by atoms with van der Waals surface area (Å²) < 4.78 is 5.36. The highest BCUT2D eigenvalue weighted by Gasteiger charge is 2.00. The molecule has 0 aliphatic rings. The van der Waals surface area contributed by atoms with E-state index in [1.54, 1.807) is 0 Å². The molecule has 0 radical (unpaired) electrons. The van der Waals surface area contributed by atoms with E-state index in [0.29, 0.717) is 19.1 Å². The number of nitrogens with one attached hydrogen (secondary N) is 2. The first-order valence-electron chi connectivity index (χ1n) is 5.64. The lowest BCUT2D eigenvalue weighted by molar-refractivity contribution is 0.126. The summed E-state index contributed by atoms with van der Waals surface area (Å²) in [5.74, 6) is 0.669. The molecule has 0 rings (SSSR count). The lowest BCUT2D eigenvalue weighted by Gasteiger charge is -2.10. The van der Waals surface area contributed by atoms with Gasteiger partial charge in [0.1, 0.15) is 0 Å². The zero-order valence-corrected chi connectivity index (χ0v) is 10.3. The fourth-order valence-electron chi connectivity index (χ4n) is 0.971. The number of hydrogen-bond donors (Lipinski definition) is 2. The maximum absolute atomic E-state index is 11.1. The van der Waals surface area contributed by atoms with E-state index in [9.17, 15) is 4.79 Å². The second kappa shape index (κ2) is 8.53. The Morgan fingerprint density at radius 1 is 1.20 bits per heavy atom. The summed E-state index contributed by atoms with van der Waals surface area (Å²) in [7, 11) is 0. The number of hydrogen-bond acceptors (Lipinski definition) is 2. The number of rotatable bonds is 7. The fraction of sp³-hybridized carbons (Fsp3) is 0.909. The van der Waals surface area contributed by atoms with Crippen molar-refractivity contribution in [3.05, 3.63) is 0 Å². The smallest absolute Gasteiger partial charge is 0.315 e. The quantitative estimate of drug-likeness (QED) is 0.637. The number of carbonyl (C=O) groups excluding carboxylic acids is 1. The van der Waals surface area contributed by atoms with Crippen LogP contribution in [0.15, 0.2) is 0 Å². The van der Waals surface area contributed by atoms with Crippen molar-refractivity contribution in [1.82, 2.24) is 10.6 Å². The van der Waals surface area contributed by atoms with Crippen molar-refractivity contribution in [3.8, 4) is 0 Å². The van der Waals surface area contributed by atoms with E-state index in [4.69, 9.17) is 4.74 Å². The van der Waals surface area contributed by atoms with Crippen molar-refractivity contribution in [1.29, 1.82) is 0 Å². The van der Waals surface area contributed by atoms with Gasteiger partial charge in [-0.3, -0.25) is 0 Å². The highest BCUT2D eigenvalue weighted by atomic mass is 16.5. The summed E-state index contributed by atoms with van der Waals surface area (Å²) in [6, 6.07) is 0.0457. The van der Waals surface area contributed by atoms with Crippen LogP contribution in [0.1, 0.15) is 34.1 Å². The molecule has 2 N–H and O–H groups in total. The summed E-state index contributed by atoms with van der Waals surface area (Å²) in [4.78, 5) is 11.1. The average molecular weight is 216 g/mol. The van der Waals surface area contributed by atoms with Crippen molar-refractivity contribution in [2.75, 3.05) is 19.8 Å². The summed E-state index contributed by atoms with van der Waals surface area (Å²) >= 11 is 0. The Hall–Kier alpha value is -0.770. The maximum atomic E-state index is 11.1. The van der Waals surface area contributed by atoms with Crippen LogP contribution in [0.5, 0.6) is 0 Å². The second-order valence-electron chi connectivity index (χ2n) is 4.35. The van der Waals surface area contributed by atoms with Crippen molar-refractivity contribution in [2.24, 2.45) is 5.92 Å². The molecule has 0 aromatic heterocycles. The summed E-state index contributed by atoms with van der Waals surface area (Å²) in [5, 5.41) is 5.47. The Morgan fingerprint density at radius 3 is 2.40 bits per heavy atom. The van der Waals surface area contributed by atoms with Crippen LogP contribution in [0, 0.1) is 5.92 Å². The maximum Gasteiger partial charge on any atom is 0.315 e.